The smallest absolute Gasteiger partial charge is 0.143 e. The number of nitrogens with zero attached hydrogens (tertiary/aromatic N) is 5. The molecule has 2 aromatic rings. The minimum Gasteiger partial charge on any atom is -0.368 e. The van der Waals surface area contributed by atoms with Gasteiger partial charge >= 0.3 is 0 Å². The largest absolute Gasteiger partial charge is 0.368 e. The molecule has 28 heavy (non-hydrogen) atoms. The molecule has 1 aromatic carbocycles. The lowest BCUT2D eigenvalue weighted by Gasteiger charge is -2.42. The first-order valence-electron chi connectivity index (χ1n) is 9.99. The lowest BCUT2D eigenvalue weighted by molar-refractivity contribution is 0.161. The molecule has 148 valence electrons. The molecule has 1 aliphatic heterocycles. The summed E-state index contributed by atoms with van der Waals surface area (Å²) in [4.78, 5) is 4.58. The highest BCUT2D eigenvalue weighted by atomic mass is 19.1. The van der Waals surface area contributed by atoms with Crippen molar-refractivity contribution in [2.45, 2.75) is 46.2 Å². The Kier molecular flexibility index (Phi) is 6.58. The fraction of sp³-hybridized carbons (Fsp3) is 0.500. The average Bonchev–Trinajstić information content (AvgIpc) is 2.68. The molecule has 1 unspecified atom stereocenters. The molecule has 1 aromatic heterocycles. The highest BCUT2D eigenvalue weighted by Crippen LogP contribution is 2.29. The molecule has 0 spiro atoms. The van der Waals surface area contributed by atoms with Gasteiger partial charge in [0.2, 0.25) is 0 Å². The maximum Gasteiger partial charge on any atom is 0.143 e. The standard InChI is InChI=1S/C22H28FN5/c1-4-19-15-28(9-8-27(19)14-18-6-5-7-25-26-18)22-12-17(10-16(2)3)11-21(23)20(22)13-24/h5-7,11-12,16,19H,4,8-10,14-15H2,1-3H3. The fourth-order valence-electron chi connectivity index (χ4n) is 3.93. The second-order valence-electron chi connectivity index (χ2n) is 7.88. The van der Waals surface area contributed by atoms with E-state index in [0.717, 1.165) is 56.0 Å². The van der Waals surface area contributed by atoms with Crippen LogP contribution in [0.4, 0.5) is 10.1 Å². The van der Waals surface area contributed by atoms with E-state index in [9.17, 15) is 9.65 Å². The summed E-state index contributed by atoms with van der Waals surface area (Å²) in [5, 5.41) is 17.7. The van der Waals surface area contributed by atoms with E-state index in [1.54, 1.807) is 6.20 Å². The Morgan fingerprint density at radius 3 is 2.79 bits per heavy atom. The molecule has 0 N–H and O–H groups in total. The molecule has 1 aliphatic rings. The molecule has 6 heteroatoms. The average molecular weight is 381 g/mol. The summed E-state index contributed by atoms with van der Waals surface area (Å²) in [7, 11) is 0. The van der Waals surface area contributed by atoms with Crippen LogP contribution < -0.4 is 4.90 Å². The predicted molar refractivity (Wildman–Crippen MR) is 108 cm³/mol. The lowest BCUT2D eigenvalue weighted by atomic mass is 9.98. The van der Waals surface area contributed by atoms with Crippen LogP contribution in [0.5, 0.6) is 0 Å². The lowest BCUT2D eigenvalue weighted by Crippen LogP contribution is -2.52. The minimum atomic E-state index is -0.411. The molecule has 0 amide bonds. The zero-order chi connectivity index (χ0) is 20.1. The molecule has 0 aliphatic carbocycles. The quantitative estimate of drug-likeness (QED) is 0.762. The highest BCUT2D eigenvalue weighted by molar-refractivity contribution is 5.62. The van der Waals surface area contributed by atoms with Crippen LogP contribution in [0.2, 0.25) is 0 Å². The van der Waals surface area contributed by atoms with Crippen molar-refractivity contribution in [3.05, 3.63) is 53.1 Å². The molecule has 1 saturated heterocycles. The number of aromatic nitrogens is 2. The van der Waals surface area contributed by atoms with E-state index in [1.165, 1.54) is 6.07 Å². The van der Waals surface area contributed by atoms with Crippen LogP contribution in [0.3, 0.4) is 0 Å². The zero-order valence-corrected chi connectivity index (χ0v) is 16.9. The Balaban J connectivity index is 1.81. The third-order valence-electron chi connectivity index (χ3n) is 5.29. The van der Waals surface area contributed by atoms with Crippen LogP contribution in [0.1, 0.15) is 44.0 Å². The number of nitriles is 1. The van der Waals surface area contributed by atoms with Crippen LogP contribution in [0.25, 0.3) is 0 Å². The van der Waals surface area contributed by atoms with Crippen molar-refractivity contribution in [1.82, 2.24) is 15.1 Å². The third kappa shape index (κ3) is 4.66. The van der Waals surface area contributed by atoms with Gasteiger partial charge in [-0.3, -0.25) is 4.90 Å². The Labute approximate surface area is 166 Å². The number of piperazine rings is 1. The second-order valence-corrected chi connectivity index (χ2v) is 7.88. The number of anilines is 1. The summed E-state index contributed by atoms with van der Waals surface area (Å²) in [5.41, 5.74) is 2.80. The SMILES string of the molecule is CCC1CN(c2cc(CC(C)C)cc(F)c2C#N)CCN1Cc1cccnn1. The van der Waals surface area contributed by atoms with E-state index >= 15 is 0 Å². The van der Waals surface area contributed by atoms with Crippen LogP contribution >= 0.6 is 0 Å². The van der Waals surface area contributed by atoms with E-state index in [-0.39, 0.29) is 5.56 Å². The number of hydrogen-bond donors (Lipinski definition) is 0. The van der Waals surface area contributed by atoms with Gasteiger partial charge < -0.3 is 4.90 Å². The minimum absolute atomic E-state index is 0.157. The number of halogens is 1. The predicted octanol–water partition coefficient (Wildman–Crippen LogP) is 3.79. The maximum absolute atomic E-state index is 14.6. The summed E-state index contributed by atoms with van der Waals surface area (Å²) >= 11 is 0. The first-order chi connectivity index (χ1) is 13.5. The summed E-state index contributed by atoms with van der Waals surface area (Å²) in [6, 6.07) is 9.82. The van der Waals surface area contributed by atoms with Crippen molar-refractivity contribution in [3.63, 3.8) is 0 Å². The summed E-state index contributed by atoms with van der Waals surface area (Å²) in [5.74, 6) is 0.0260. The van der Waals surface area contributed by atoms with Gasteiger partial charge in [-0.25, -0.2) is 4.39 Å². The van der Waals surface area contributed by atoms with Crippen molar-refractivity contribution in [1.29, 1.82) is 5.26 Å². The van der Waals surface area contributed by atoms with Gasteiger partial charge in [-0.15, -0.1) is 0 Å². The third-order valence-corrected chi connectivity index (χ3v) is 5.29. The molecule has 0 saturated carbocycles. The Hall–Kier alpha value is -2.52. The van der Waals surface area contributed by atoms with E-state index in [1.807, 2.05) is 18.2 Å². The molecule has 3 rings (SSSR count). The second kappa shape index (κ2) is 9.11. The van der Waals surface area contributed by atoms with Gasteiger partial charge in [0.15, 0.2) is 0 Å². The topological polar surface area (TPSA) is 56.1 Å². The molecule has 5 nitrogen and oxygen atoms in total. The van der Waals surface area contributed by atoms with Crippen LogP contribution in [0.15, 0.2) is 30.5 Å². The molecule has 1 atom stereocenters. The molecule has 1 fully saturated rings. The van der Waals surface area contributed by atoms with E-state index < -0.39 is 5.82 Å². The molecule has 2 heterocycles. The molecule has 0 radical (unpaired) electrons. The van der Waals surface area contributed by atoms with Crippen molar-refractivity contribution >= 4 is 5.69 Å². The number of hydrogen-bond acceptors (Lipinski definition) is 5. The van der Waals surface area contributed by atoms with Crippen LogP contribution in [0, 0.1) is 23.1 Å². The first-order valence-corrected chi connectivity index (χ1v) is 9.99. The number of benzene rings is 1. The fourth-order valence-corrected chi connectivity index (χ4v) is 3.93. The maximum atomic E-state index is 14.6. The Morgan fingerprint density at radius 1 is 1.32 bits per heavy atom. The number of rotatable bonds is 6. The summed E-state index contributed by atoms with van der Waals surface area (Å²) in [6.45, 7) is 9.54. The highest BCUT2D eigenvalue weighted by Gasteiger charge is 2.28. The van der Waals surface area contributed by atoms with Crippen molar-refractivity contribution in [2.24, 2.45) is 5.92 Å². The van der Waals surface area contributed by atoms with Crippen LogP contribution in [-0.4, -0.2) is 40.8 Å². The molecular weight excluding hydrogens is 353 g/mol. The van der Waals surface area contributed by atoms with Crippen LogP contribution in [-0.2, 0) is 13.0 Å². The summed E-state index contributed by atoms with van der Waals surface area (Å²) < 4.78 is 14.6. The molecular formula is C22H28FN5. The van der Waals surface area contributed by atoms with E-state index in [2.05, 4.69) is 46.8 Å². The van der Waals surface area contributed by atoms with Gasteiger partial charge in [0.1, 0.15) is 17.4 Å². The van der Waals surface area contributed by atoms with Crippen molar-refractivity contribution in [2.75, 3.05) is 24.5 Å². The van der Waals surface area contributed by atoms with Gasteiger partial charge in [0.05, 0.1) is 11.4 Å². The van der Waals surface area contributed by atoms with Gasteiger partial charge in [0.25, 0.3) is 0 Å². The molecule has 0 bridgehead atoms. The zero-order valence-electron chi connectivity index (χ0n) is 16.9. The van der Waals surface area contributed by atoms with E-state index in [4.69, 9.17) is 0 Å². The summed E-state index contributed by atoms with van der Waals surface area (Å²) in [6.07, 6.45) is 3.47. The van der Waals surface area contributed by atoms with Gasteiger partial charge in [0, 0.05) is 38.4 Å². The normalized spacial score (nSPS) is 17.7. The monoisotopic (exact) mass is 381 g/mol. The Bertz CT molecular complexity index is 831. The van der Waals surface area contributed by atoms with Gasteiger partial charge in [-0.05, 0) is 48.6 Å². The Morgan fingerprint density at radius 2 is 2.14 bits per heavy atom. The first kappa shape index (κ1) is 20.2. The van der Waals surface area contributed by atoms with Crippen molar-refractivity contribution in [3.8, 4) is 6.07 Å². The van der Waals surface area contributed by atoms with E-state index in [0.29, 0.717) is 12.0 Å². The van der Waals surface area contributed by atoms with Crippen molar-refractivity contribution < 1.29 is 4.39 Å². The van der Waals surface area contributed by atoms with Gasteiger partial charge in [-0.2, -0.15) is 15.5 Å². The van der Waals surface area contributed by atoms with Gasteiger partial charge in [-0.1, -0.05) is 20.8 Å².